The van der Waals surface area contributed by atoms with Crippen molar-refractivity contribution in [2.24, 2.45) is 17.3 Å². The molecule has 0 spiro atoms. The first-order valence-corrected chi connectivity index (χ1v) is 4.73. The van der Waals surface area contributed by atoms with Crippen LogP contribution in [0.2, 0.25) is 0 Å². The summed E-state index contributed by atoms with van der Waals surface area (Å²) in [6.45, 7) is 6.65. The van der Waals surface area contributed by atoms with Crippen molar-refractivity contribution in [3.8, 4) is 0 Å². The lowest BCUT2D eigenvalue weighted by Gasteiger charge is -2.35. The standard InChI is InChI=1S/C11H16O/c1-7-4-5-8-10(12)6-9(7)11(8,2)3/h4,8-9H,5-6H2,1-3H3/t8-,9-/m1/s1. The molecule has 2 aliphatic carbocycles. The molecule has 0 saturated heterocycles. The van der Waals surface area contributed by atoms with Crippen molar-refractivity contribution >= 4 is 5.78 Å². The number of fused-ring (bicyclic) bond motifs is 2. The van der Waals surface area contributed by atoms with E-state index in [2.05, 4.69) is 26.8 Å². The van der Waals surface area contributed by atoms with Crippen LogP contribution in [0.4, 0.5) is 0 Å². The number of carbonyl (C=O) groups is 1. The van der Waals surface area contributed by atoms with Gasteiger partial charge in [0.1, 0.15) is 5.78 Å². The zero-order valence-corrected chi connectivity index (χ0v) is 8.05. The molecule has 0 radical (unpaired) electrons. The van der Waals surface area contributed by atoms with E-state index in [1.165, 1.54) is 5.57 Å². The van der Waals surface area contributed by atoms with Gasteiger partial charge >= 0.3 is 0 Å². The molecule has 1 heteroatoms. The normalized spacial score (nSPS) is 38.2. The Bertz CT molecular complexity index is 260. The molecule has 2 bridgehead atoms. The molecule has 0 aromatic heterocycles. The largest absolute Gasteiger partial charge is 0.299 e. The van der Waals surface area contributed by atoms with Crippen molar-refractivity contribution in [1.82, 2.24) is 0 Å². The molecule has 66 valence electrons. The Morgan fingerprint density at radius 3 is 2.67 bits per heavy atom. The number of rotatable bonds is 0. The molecule has 1 saturated carbocycles. The highest BCUT2D eigenvalue weighted by Gasteiger charge is 2.50. The molecule has 2 aliphatic rings. The number of allylic oxidation sites excluding steroid dienone is 2. The molecule has 12 heavy (non-hydrogen) atoms. The van der Waals surface area contributed by atoms with E-state index in [0.717, 1.165) is 12.8 Å². The summed E-state index contributed by atoms with van der Waals surface area (Å²) in [6, 6.07) is 0. The Labute approximate surface area is 73.8 Å². The van der Waals surface area contributed by atoms with Crippen LogP contribution in [0, 0.1) is 17.3 Å². The van der Waals surface area contributed by atoms with Gasteiger partial charge in [-0.3, -0.25) is 4.79 Å². The molecule has 0 unspecified atom stereocenters. The van der Waals surface area contributed by atoms with Crippen molar-refractivity contribution < 1.29 is 4.79 Å². The molecular formula is C11H16O. The minimum atomic E-state index is 0.232. The lowest BCUT2D eigenvalue weighted by atomic mass is 9.68. The highest BCUT2D eigenvalue weighted by atomic mass is 16.1. The first-order valence-electron chi connectivity index (χ1n) is 4.73. The van der Waals surface area contributed by atoms with Gasteiger partial charge in [0, 0.05) is 12.3 Å². The predicted octanol–water partition coefficient (Wildman–Crippen LogP) is 2.57. The van der Waals surface area contributed by atoms with Gasteiger partial charge in [0.25, 0.3) is 0 Å². The van der Waals surface area contributed by atoms with E-state index in [0.29, 0.717) is 17.6 Å². The zero-order valence-electron chi connectivity index (χ0n) is 8.05. The van der Waals surface area contributed by atoms with E-state index in [9.17, 15) is 4.79 Å². The lowest BCUT2D eigenvalue weighted by Crippen LogP contribution is -2.30. The van der Waals surface area contributed by atoms with Gasteiger partial charge in [-0.05, 0) is 24.7 Å². The number of carbonyl (C=O) groups excluding carboxylic acids is 1. The molecule has 0 aliphatic heterocycles. The van der Waals surface area contributed by atoms with Gasteiger partial charge in [-0.2, -0.15) is 0 Å². The second kappa shape index (κ2) is 2.21. The van der Waals surface area contributed by atoms with E-state index in [-0.39, 0.29) is 5.41 Å². The van der Waals surface area contributed by atoms with Crippen molar-refractivity contribution in [1.29, 1.82) is 0 Å². The first kappa shape index (κ1) is 8.03. The average molecular weight is 164 g/mol. The Hall–Kier alpha value is -0.590. The minimum Gasteiger partial charge on any atom is -0.299 e. The molecule has 0 N–H and O–H groups in total. The van der Waals surface area contributed by atoms with Crippen LogP contribution in [0.3, 0.4) is 0 Å². The Morgan fingerprint density at radius 1 is 1.42 bits per heavy atom. The molecule has 0 aromatic rings. The van der Waals surface area contributed by atoms with Gasteiger partial charge in [-0.15, -0.1) is 0 Å². The number of Topliss-reactive ketones (excluding diaryl/α,β-unsaturated/α-hetero) is 1. The third-order valence-corrected chi connectivity index (χ3v) is 3.82. The highest BCUT2D eigenvalue weighted by molar-refractivity contribution is 5.86. The smallest absolute Gasteiger partial charge is 0.137 e. The van der Waals surface area contributed by atoms with E-state index < -0.39 is 0 Å². The molecule has 1 fully saturated rings. The summed E-state index contributed by atoms with van der Waals surface area (Å²) in [4.78, 5) is 11.6. The van der Waals surface area contributed by atoms with Crippen molar-refractivity contribution in [3.05, 3.63) is 11.6 Å². The van der Waals surface area contributed by atoms with E-state index in [1.54, 1.807) is 0 Å². The molecule has 2 atom stereocenters. The zero-order chi connectivity index (χ0) is 8.93. The van der Waals surface area contributed by atoms with Gasteiger partial charge in [0.2, 0.25) is 0 Å². The number of ketones is 1. The quantitative estimate of drug-likeness (QED) is 0.503. The maximum Gasteiger partial charge on any atom is 0.137 e. The molecule has 1 nitrogen and oxygen atoms in total. The maximum absolute atomic E-state index is 11.6. The summed E-state index contributed by atoms with van der Waals surface area (Å²) in [6.07, 6.45) is 4.03. The molecule has 0 heterocycles. The van der Waals surface area contributed by atoms with Crippen molar-refractivity contribution in [2.75, 3.05) is 0 Å². The van der Waals surface area contributed by atoms with Crippen LogP contribution in [0.5, 0.6) is 0 Å². The van der Waals surface area contributed by atoms with Crippen LogP contribution in [0.25, 0.3) is 0 Å². The average Bonchev–Trinajstić information content (AvgIpc) is 2.14. The van der Waals surface area contributed by atoms with Crippen molar-refractivity contribution in [3.63, 3.8) is 0 Å². The fourth-order valence-electron chi connectivity index (χ4n) is 2.89. The molecule has 0 aromatic carbocycles. The Morgan fingerprint density at radius 2 is 2.08 bits per heavy atom. The highest BCUT2D eigenvalue weighted by Crippen LogP contribution is 2.52. The molecule has 2 rings (SSSR count). The monoisotopic (exact) mass is 164 g/mol. The SMILES string of the molecule is CC1=CC[C@@H]2C(=O)C[C@H]1C2(C)C. The number of hydrogen-bond donors (Lipinski definition) is 0. The summed E-state index contributed by atoms with van der Waals surface area (Å²) in [5, 5.41) is 0. The van der Waals surface area contributed by atoms with Gasteiger partial charge < -0.3 is 0 Å². The fraction of sp³-hybridized carbons (Fsp3) is 0.727. The summed E-state index contributed by atoms with van der Waals surface area (Å²) in [5.74, 6) is 1.33. The van der Waals surface area contributed by atoms with Gasteiger partial charge in [0.15, 0.2) is 0 Å². The Kier molecular flexibility index (Phi) is 1.48. The van der Waals surface area contributed by atoms with Crippen LogP contribution in [-0.4, -0.2) is 5.78 Å². The van der Waals surface area contributed by atoms with Crippen LogP contribution in [0.1, 0.15) is 33.6 Å². The van der Waals surface area contributed by atoms with Gasteiger partial charge in [-0.1, -0.05) is 25.5 Å². The second-order valence-corrected chi connectivity index (χ2v) is 4.78. The fourth-order valence-corrected chi connectivity index (χ4v) is 2.89. The predicted molar refractivity (Wildman–Crippen MR) is 48.8 cm³/mol. The summed E-state index contributed by atoms with van der Waals surface area (Å²) in [5.41, 5.74) is 1.66. The third kappa shape index (κ3) is 0.825. The van der Waals surface area contributed by atoms with Crippen LogP contribution >= 0.6 is 0 Å². The Balaban J connectivity index is 2.44. The summed E-state index contributed by atoms with van der Waals surface area (Å²) < 4.78 is 0. The molecule has 0 amide bonds. The topological polar surface area (TPSA) is 17.1 Å². The second-order valence-electron chi connectivity index (χ2n) is 4.78. The third-order valence-electron chi connectivity index (χ3n) is 3.82. The molecular weight excluding hydrogens is 148 g/mol. The van der Waals surface area contributed by atoms with Gasteiger partial charge in [0.05, 0.1) is 0 Å². The first-order chi connectivity index (χ1) is 5.53. The van der Waals surface area contributed by atoms with Crippen LogP contribution < -0.4 is 0 Å². The number of hydrogen-bond acceptors (Lipinski definition) is 1. The summed E-state index contributed by atoms with van der Waals surface area (Å²) >= 11 is 0. The summed E-state index contributed by atoms with van der Waals surface area (Å²) in [7, 11) is 0. The maximum atomic E-state index is 11.6. The van der Waals surface area contributed by atoms with E-state index in [1.807, 2.05) is 0 Å². The lowest BCUT2D eigenvalue weighted by molar-refractivity contribution is -0.121. The van der Waals surface area contributed by atoms with Crippen LogP contribution in [-0.2, 0) is 4.79 Å². The van der Waals surface area contributed by atoms with E-state index in [4.69, 9.17) is 0 Å². The van der Waals surface area contributed by atoms with Gasteiger partial charge in [-0.25, -0.2) is 0 Å². The van der Waals surface area contributed by atoms with Crippen LogP contribution in [0.15, 0.2) is 11.6 Å². The minimum absolute atomic E-state index is 0.232. The van der Waals surface area contributed by atoms with Crippen molar-refractivity contribution in [2.45, 2.75) is 33.6 Å². The van der Waals surface area contributed by atoms with E-state index >= 15 is 0 Å².